The predicted octanol–water partition coefficient (Wildman–Crippen LogP) is 4.25. The molecule has 1 amide bonds. The van der Waals surface area contributed by atoms with Crippen molar-refractivity contribution in [3.8, 4) is 11.5 Å². The zero-order valence-electron chi connectivity index (χ0n) is 17.6. The number of carbonyl (C=O) groups is 2. The van der Waals surface area contributed by atoms with Gasteiger partial charge in [0, 0.05) is 12.6 Å². The Morgan fingerprint density at radius 1 is 1.21 bits per heavy atom. The first-order valence-corrected chi connectivity index (χ1v) is 9.98. The molecule has 1 atom stereocenters. The van der Waals surface area contributed by atoms with Crippen molar-refractivity contribution in [3.05, 3.63) is 65.5 Å². The number of ether oxygens (including phenoxy) is 3. The van der Waals surface area contributed by atoms with Gasteiger partial charge in [0.2, 0.25) is 5.91 Å². The highest BCUT2D eigenvalue weighted by Gasteiger charge is 2.31. The average molecular weight is 467 g/mol. The summed E-state index contributed by atoms with van der Waals surface area (Å²) in [6, 6.07) is 8.89. The molecule has 1 aliphatic rings. The zero-order chi connectivity index (χ0) is 24.0. The Morgan fingerprint density at radius 3 is 2.73 bits per heavy atom. The Morgan fingerprint density at radius 2 is 2.00 bits per heavy atom. The number of ketones is 1. The van der Waals surface area contributed by atoms with Gasteiger partial charge in [0.05, 0.1) is 18.7 Å². The maximum Gasteiger partial charge on any atom is 0.573 e. The van der Waals surface area contributed by atoms with Crippen LogP contribution in [0.15, 0.2) is 48.5 Å². The molecule has 0 radical (unpaired) electrons. The largest absolute Gasteiger partial charge is 0.573 e. The summed E-state index contributed by atoms with van der Waals surface area (Å²) in [6.45, 7) is 2.13. The fourth-order valence-corrected chi connectivity index (χ4v) is 3.19. The Bertz CT molecular complexity index is 1040. The summed E-state index contributed by atoms with van der Waals surface area (Å²) in [5.74, 6) is -1.42. The van der Waals surface area contributed by atoms with Crippen molar-refractivity contribution < 1.29 is 41.4 Å². The third-order valence-corrected chi connectivity index (χ3v) is 4.71. The van der Waals surface area contributed by atoms with Gasteiger partial charge in [-0.15, -0.1) is 13.2 Å². The number of Topliss-reactive ketones (excluding diaryl/α,β-unsaturated/α-hetero) is 1. The molecule has 0 saturated carbocycles. The Labute approximate surface area is 187 Å². The van der Waals surface area contributed by atoms with Crippen LogP contribution in [0.5, 0.6) is 11.5 Å². The highest BCUT2D eigenvalue weighted by Crippen LogP contribution is 2.24. The SMILES string of the molecule is CC(=O)c1cc(F)ccc1OCC1CN(C(=O)C=Cc2cccc(OC(F)(F)F)c2)CCO1. The summed E-state index contributed by atoms with van der Waals surface area (Å²) in [6.07, 6.45) is -2.64. The molecule has 2 aromatic rings. The van der Waals surface area contributed by atoms with Gasteiger partial charge in [-0.3, -0.25) is 9.59 Å². The number of alkyl halides is 3. The molecule has 0 spiro atoms. The minimum absolute atomic E-state index is 0.0379. The molecule has 1 aliphatic heterocycles. The zero-order valence-corrected chi connectivity index (χ0v) is 17.6. The fourth-order valence-electron chi connectivity index (χ4n) is 3.19. The van der Waals surface area contributed by atoms with Crippen LogP contribution in [0.25, 0.3) is 6.08 Å². The summed E-state index contributed by atoms with van der Waals surface area (Å²) < 4.78 is 65.6. The van der Waals surface area contributed by atoms with Gasteiger partial charge < -0.3 is 19.1 Å². The van der Waals surface area contributed by atoms with Crippen molar-refractivity contribution >= 4 is 17.8 Å². The molecule has 0 aliphatic carbocycles. The monoisotopic (exact) mass is 467 g/mol. The fraction of sp³-hybridized carbons (Fsp3) is 0.304. The molecule has 2 aromatic carbocycles. The van der Waals surface area contributed by atoms with E-state index in [2.05, 4.69) is 4.74 Å². The molecule has 33 heavy (non-hydrogen) atoms. The molecule has 0 bridgehead atoms. The molecule has 1 heterocycles. The summed E-state index contributed by atoms with van der Waals surface area (Å²) in [5, 5.41) is 0. The number of halogens is 4. The van der Waals surface area contributed by atoms with Crippen LogP contribution in [-0.4, -0.2) is 55.4 Å². The second-order valence-electron chi connectivity index (χ2n) is 7.24. The summed E-state index contributed by atoms with van der Waals surface area (Å²) in [5.41, 5.74) is 0.477. The maximum absolute atomic E-state index is 13.4. The van der Waals surface area contributed by atoms with E-state index in [1.165, 1.54) is 54.3 Å². The van der Waals surface area contributed by atoms with Crippen molar-refractivity contribution in [2.24, 2.45) is 0 Å². The van der Waals surface area contributed by atoms with Crippen LogP contribution in [0.4, 0.5) is 17.6 Å². The second-order valence-corrected chi connectivity index (χ2v) is 7.24. The number of carbonyl (C=O) groups excluding carboxylic acids is 2. The Balaban J connectivity index is 1.58. The van der Waals surface area contributed by atoms with E-state index in [4.69, 9.17) is 9.47 Å². The average Bonchev–Trinajstić information content (AvgIpc) is 2.76. The molecule has 1 fully saturated rings. The third-order valence-electron chi connectivity index (χ3n) is 4.71. The molecular formula is C23H21F4NO5. The summed E-state index contributed by atoms with van der Waals surface area (Å²) >= 11 is 0. The third kappa shape index (κ3) is 7.31. The van der Waals surface area contributed by atoms with Gasteiger partial charge in [0.15, 0.2) is 5.78 Å². The van der Waals surface area contributed by atoms with Crippen LogP contribution in [0.2, 0.25) is 0 Å². The van der Waals surface area contributed by atoms with E-state index in [9.17, 15) is 27.2 Å². The molecule has 10 heteroatoms. The first kappa shape index (κ1) is 24.2. The number of nitrogens with zero attached hydrogens (tertiary/aromatic N) is 1. The highest BCUT2D eigenvalue weighted by molar-refractivity contribution is 5.96. The number of rotatable bonds is 7. The smallest absolute Gasteiger partial charge is 0.490 e. The number of morpholine rings is 1. The van der Waals surface area contributed by atoms with Crippen molar-refractivity contribution in [2.45, 2.75) is 19.4 Å². The first-order valence-electron chi connectivity index (χ1n) is 9.98. The lowest BCUT2D eigenvalue weighted by Crippen LogP contribution is -2.47. The molecule has 6 nitrogen and oxygen atoms in total. The number of hydrogen-bond donors (Lipinski definition) is 0. The second kappa shape index (κ2) is 10.5. The molecule has 3 rings (SSSR count). The van der Waals surface area contributed by atoms with E-state index < -0.39 is 18.3 Å². The normalized spacial score (nSPS) is 16.6. The topological polar surface area (TPSA) is 65.1 Å². The van der Waals surface area contributed by atoms with Gasteiger partial charge in [-0.05, 0) is 48.9 Å². The molecule has 0 N–H and O–H groups in total. The lowest BCUT2D eigenvalue weighted by molar-refractivity contribution is -0.274. The predicted molar refractivity (Wildman–Crippen MR) is 110 cm³/mol. The number of hydrogen-bond acceptors (Lipinski definition) is 5. The number of benzene rings is 2. The van der Waals surface area contributed by atoms with Crippen LogP contribution >= 0.6 is 0 Å². The Kier molecular flexibility index (Phi) is 7.70. The van der Waals surface area contributed by atoms with Gasteiger partial charge in [0.25, 0.3) is 0 Å². The first-order chi connectivity index (χ1) is 15.6. The minimum atomic E-state index is -4.80. The van der Waals surface area contributed by atoms with Gasteiger partial charge in [-0.25, -0.2) is 4.39 Å². The standard InChI is InChI=1S/C23H21F4NO5/c1-15(29)20-12-17(24)6-7-21(20)32-14-19-13-28(9-10-31-19)22(30)8-5-16-3-2-4-18(11-16)33-23(25,26)27/h2-8,11-12,19H,9-10,13-14H2,1H3. The van der Waals surface area contributed by atoms with E-state index >= 15 is 0 Å². The van der Waals surface area contributed by atoms with Crippen LogP contribution in [0, 0.1) is 5.82 Å². The van der Waals surface area contributed by atoms with Gasteiger partial charge in [-0.1, -0.05) is 12.1 Å². The molecule has 0 aromatic heterocycles. The van der Waals surface area contributed by atoms with Gasteiger partial charge in [0.1, 0.15) is 30.0 Å². The van der Waals surface area contributed by atoms with E-state index in [0.717, 1.165) is 12.1 Å². The quantitative estimate of drug-likeness (QED) is 0.346. The van der Waals surface area contributed by atoms with E-state index in [-0.39, 0.29) is 48.5 Å². The maximum atomic E-state index is 13.4. The molecular weight excluding hydrogens is 446 g/mol. The minimum Gasteiger partial charge on any atom is -0.490 e. The highest BCUT2D eigenvalue weighted by atomic mass is 19.4. The lowest BCUT2D eigenvalue weighted by atomic mass is 10.1. The van der Waals surface area contributed by atoms with Crippen molar-refractivity contribution in [1.82, 2.24) is 4.90 Å². The van der Waals surface area contributed by atoms with Gasteiger partial charge >= 0.3 is 6.36 Å². The lowest BCUT2D eigenvalue weighted by Gasteiger charge is -2.32. The summed E-state index contributed by atoms with van der Waals surface area (Å²) in [7, 11) is 0. The van der Waals surface area contributed by atoms with Crippen LogP contribution < -0.4 is 9.47 Å². The van der Waals surface area contributed by atoms with Crippen molar-refractivity contribution in [3.63, 3.8) is 0 Å². The van der Waals surface area contributed by atoms with E-state index in [1.54, 1.807) is 0 Å². The van der Waals surface area contributed by atoms with Crippen molar-refractivity contribution in [1.29, 1.82) is 0 Å². The van der Waals surface area contributed by atoms with E-state index in [0.29, 0.717) is 12.1 Å². The van der Waals surface area contributed by atoms with Crippen molar-refractivity contribution in [2.75, 3.05) is 26.3 Å². The molecule has 1 saturated heterocycles. The van der Waals surface area contributed by atoms with E-state index in [1.807, 2.05) is 0 Å². The van der Waals surface area contributed by atoms with Gasteiger partial charge in [-0.2, -0.15) is 0 Å². The Hall–Kier alpha value is -3.40. The van der Waals surface area contributed by atoms with Crippen LogP contribution in [0.1, 0.15) is 22.8 Å². The molecule has 176 valence electrons. The van der Waals surface area contributed by atoms with Crippen LogP contribution in [0.3, 0.4) is 0 Å². The van der Waals surface area contributed by atoms with Crippen LogP contribution in [-0.2, 0) is 9.53 Å². The molecule has 1 unspecified atom stereocenters. The number of amides is 1. The summed E-state index contributed by atoms with van der Waals surface area (Å²) in [4.78, 5) is 25.7.